The van der Waals surface area contributed by atoms with Gasteiger partial charge >= 0.3 is 12.2 Å². The van der Waals surface area contributed by atoms with Gasteiger partial charge in [0, 0.05) is 22.5 Å². The third-order valence-electron chi connectivity index (χ3n) is 11.2. The number of aromatic amines is 2. The first-order chi connectivity index (χ1) is 26.8. The van der Waals surface area contributed by atoms with Gasteiger partial charge in [0.05, 0.1) is 59.8 Å². The number of methoxy groups -OCH3 is 2. The quantitative estimate of drug-likeness (QED) is 0.112. The smallest absolute Gasteiger partial charge is 0.407 e. The first kappa shape index (κ1) is 39.3. The van der Waals surface area contributed by atoms with E-state index in [0.717, 1.165) is 58.5 Å². The van der Waals surface area contributed by atoms with Crippen molar-refractivity contribution < 1.29 is 28.7 Å². The summed E-state index contributed by atoms with van der Waals surface area (Å²) in [5, 5.41) is 7.81. The molecule has 1 unspecified atom stereocenters. The molecule has 14 nitrogen and oxygen atoms in total. The highest BCUT2D eigenvalue weighted by Gasteiger charge is 2.39. The molecule has 0 radical (unpaired) electrons. The lowest BCUT2D eigenvalue weighted by molar-refractivity contribution is -0.136. The Morgan fingerprint density at radius 1 is 0.714 bits per heavy atom. The van der Waals surface area contributed by atoms with Crippen molar-refractivity contribution in [3.05, 3.63) is 47.3 Å². The number of thiophene rings is 2. The van der Waals surface area contributed by atoms with Gasteiger partial charge in [0.25, 0.3) is 0 Å². The Morgan fingerprint density at radius 3 is 1.46 bits per heavy atom. The van der Waals surface area contributed by atoms with Crippen molar-refractivity contribution in [3.63, 3.8) is 0 Å². The average Bonchev–Trinajstić information content (AvgIpc) is 4.02. The Kier molecular flexibility index (Phi) is 11.1. The minimum Gasteiger partial charge on any atom is -0.453 e. The first-order valence-electron chi connectivity index (χ1n) is 19.2. The van der Waals surface area contributed by atoms with E-state index in [1.165, 1.54) is 45.5 Å². The van der Waals surface area contributed by atoms with Crippen molar-refractivity contribution in [1.82, 2.24) is 40.4 Å². The molecule has 2 saturated heterocycles. The summed E-state index contributed by atoms with van der Waals surface area (Å²) in [5.74, 6) is 0.999. The molecule has 56 heavy (non-hydrogen) atoms. The monoisotopic (exact) mass is 802 g/mol. The number of ether oxygens (including phenoxy) is 2. The number of aromatic nitrogens is 4. The number of hydrogen-bond donors (Lipinski definition) is 4. The summed E-state index contributed by atoms with van der Waals surface area (Å²) in [6.45, 7) is 13.2. The first-order valence-corrected chi connectivity index (χ1v) is 20.8. The predicted octanol–water partition coefficient (Wildman–Crippen LogP) is 7.60. The van der Waals surface area contributed by atoms with Crippen LogP contribution in [0.3, 0.4) is 0 Å². The molecule has 1 aromatic carbocycles. The molecule has 16 heteroatoms. The van der Waals surface area contributed by atoms with E-state index < -0.39 is 24.3 Å². The average molecular weight is 803 g/mol. The van der Waals surface area contributed by atoms with Gasteiger partial charge in [0.1, 0.15) is 23.7 Å². The molecule has 4 atom stereocenters. The van der Waals surface area contributed by atoms with E-state index in [4.69, 9.17) is 19.4 Å². The summed E-state index contributed by atoms with van der Waals surface area (Å²) in [4.78, 5) is 73.7. The molecule has 4 amide bonds. The molecule has 4 aromatic heterocycles. The van der Waals surface area contributed by atoms with E-state index >= 15 is 0 Å². The summed E-state index contributed by atoms with van der Waals surface area (Å²) in [6.07, 6.45) is 5.73. The van der Waals surface area contributed by atoms with Crippen LogP contribution in [0.5, 0.6) is 0 Å². The summed E-state index contributed by atoms with van der Waals surface area (Å²) >= 11 is 3.45. The lowest BCUT2D eigenvalue weighted by Crippen LogP contribution is -2.51. The highest BCUT2D eigenvalue weighted by molar-refractivity contribution is 7.24. The van der Waals surface area contributed by atoms with Gasteiger partial charge in [0.2, 0.25) is 11.8 Å². The van der Waals surface area contributed by atoms with Gasteiger partial charge in [-0.2, -0.15) is 0 Å². The number of benzene rings is 1. The maximum absolute atomic E-state index is 13.7. The number of nitrogens with zero attached hydrogens (tertiary/aromatic N) is 4. The van der Waals surface area contributed by atoms with Crippen LogP contribution in [0.4, 0.5) is 9.59 Å². The van der Waals surface area contributed by atoms with Crippen LogP contribution in [0.15, 0.2) is 24.5 Å². The molecule has 5 aromatic rings. The van der Waals surface area contributed by atoms with Crippen LogP contribution in [0, 0.1) is 25.7 Å². The van der Waals surface area contributed by atoms with Crippen LogP contribution < -0.4 is 10.6 Å². The minimum absolute atomic E-state index is 0.107. The number of carbonyl (C=O) groups is 4. The largest absolute Gasteiger partial charge is 0.453 e. The fourth-order valence-corrected chi connectivity index (χ4v) is 10.4. The highest BCUT2D eigenvalue weighted by atomic mass is 32.1. The van der Waals surface area contributed by atoms with Crippen LogP contribution in [-0.2, 0) is 19.1 Å². The summed E-state index contributed by atoms with van der Waals surface area (Å²) < 4.78 is 12.0. The molecule has 4 N–H and O–H groups in total. The van der Waals surface area contributed by atoms with E-state index in [1.54, 1.807) is 22.7 Å². The number of imidazole rings is 2. The van der Waals surface area contributed by atoms with Crippen LogP contribution in [-0.4, -0.2) is 93.1 Å². The maximum atomic E-state index is 13.7. The number of nitrogens with one attached hydrogen (secondary N) is 4. The number of likely N-dealkylation sites (tertiary alicyclic amines) is 2. The van der Waals surface area contributed by atoms with Crippen molar-refractivity contribution in [3.8, 4) is 21.1 Å². The highest BCUT2D eigenvalue weighted by Crippen LogP contribution is 2.45. The van der Waals surface area contributed by atoms with Gasteiger partial charge in [-0.3, -0.25) is 9.59 Å². The molecule has 2 fully saturated rings. The summed E-state index contributed by atoms with van der Waals surface area (Å²) in [5.41, 5.74) is 4.22. The number of rotatable bonds is 10. The third-order valence-corrected chi connectivity index (χ3v) is 13.7. The molecule has 0 aliphatic carbocycles. The SMILES string of the molecule is COC(=O)NC(C(=O)N1CCC[C@H]1c1ncc(-c2cc3c(C)c4sc(-c5cnc([C@@H]6CCCN6C(=O)[C@@H](NC(=O)OC)C(C)C)[nH]5)cc4c(C)c3s2)[nH]1)C(C)C. The normalized spacial score (nSPS) is 18.3. The Hall–Kier alpha value is -4.96. The fraction of sp³-hybridized carbons (Fsp3) is 0.500. The predicted molar refractivity (Wildman–Crippen MR) is 218 cm³/mol. The summed E-state index contributed by atoms with van der Waals surface area (Å²) in [6, 6.07) is 2.66. The Morgan fingerprint density at radius 2 is 1.11 bits per heavy atom. The van der Waals surface area contributed by atoms with Crippen LogP contribution in [0.1, 0.15) is 88.2 Å². The van der Waals surface area contributed by atoms with Gasteiger partial charge in [-0.15, -0.1) is 22.7 Å². The number of H-pyrrole nitrogens is 2. The van der Waals surface area contributed by atoms with Crippen LogP contribution in [0.25, 0.3) is 41.3 Å². The molecule has 0 bridgehead atoms. The van der Waals surface area contributed by atoms with E-state index in [1.807, 2.05) is 49.9 Å². The standard InChI is InChI=1S/C40H50N8O6S2/c1-19(2)31(45-39(51)53-7)37(49)47-13-9-11-27(47)35-41-17-25(43-35)29-15-23-21(5)34-24(22(6)33(23)55-29)16-30(56-34)26-18-42-36(44-26)28-12-10-14-48(28)38(50)32(20(3)4)46-40(52)54-8/h15-20,27-28,31-32H,9-14H2,1-8H3,(H,41,43)(H,42,44)(H,45,51)(H,46,52)/t27-,28-,31-,32?/m0/s1. The van der Waals surface area contributed by atoms with E-state index in [9.17, 15) is 19.2 Å². The number of alkyl carbamates (subject to hydrolysis) is 2. The zero-order valence-corrected chi connectivity index (χ0v) is 34.7. The zero-order chi connectivity index (χ0) is 40.0. The lowest BCUT2D eigenvalue weighted by Gasteiger charge is -2.30. The minimum atomic E-state index is -0.690. The number of fused-ring (bicyclic) bond motifs is 2. The zero-order valence-electron chi connectivity index (χ0n) is 33.1. The molecule has 0 spiro atoms. The fourth-order valence-electron chi connectivity index (χ4n) is 8.05. The molecule has 298 valence electrons. The van der Waals surface area contributed by atoms with Gasteiger partial charge in [-0.25, -0.2) is 19.6 Å². The topological polar surface area (TPSA) is 175 Å². The van der Waals surface area contributed by atoms with E-state index in [-0.39, 0.29) is 35.7 Å². The van der Waals surface area contributed by atoms with Crippen molar-refractivity contribution in [2.24, 2.45) is 11.8 Å². The Balaban J connectivity index is 1.12. The van der Waals surface area contributed by atoms with Crippen molar-refractivity contribution in [2.45, 2.75) is 91.4 Å². The third kappa shape index (κ3) is 7.24. The van der Waals surface area contributed by atoms with Gasteiger partial charge in [0.15, 0.2) is 0 Å². The number of carbonyl (C=O) groups excluding carboxylic acids is 4. The molecule has 0 saturated carbocycles. The van der Waals surface area contributed by atoms with Crippen molar-refractivity contribution >= 4 is 66.8 Å². The molecule has 2 aliphatic rings. The molecule has 2 aliphatic heterocycles. The van der Waals surface area contributed by atoms with Gasteiger partial charge in [-0.05, 0) is 85.4 Å². The van der Waals surface area contributed by atoms with Crippen LogP contribution >= 0.6 is 22.7 Å². The van der Waals surface area contributed by atoms with E-state index in [2.05, 4.69) is 46.6 Å². The molecule has 7 rings (SSSR count). The molecular weight excluding hydrogens is 753 g/mol. The van der Waals surface area contributed by atoms with Crippen LogP contribution in [0.2, 0.25) is 0 Å². The number of aryl methyl sites for hydroxylation is 2. The second-order valence-electron chi connectivity index (χ2n) is 15.4. The Labute approximate surface area is 333 Å². The molecule has 6 heterocycles. The lowest BCUT2D eigenvalue weighted by atomic mass is 10.0. The Bertz CT molecular complexity index is 2080. The second kappa shape index (κ2) is 15.9. The molecular formula is C40H50N8O6S2. The maximum Gasteiger partial charge on any atom is 0.407 e. The van der Waals surface area contributed by atoms with Crippen molar-refractivity contribution in [1.29, 1.82) is 0 Å². The number of hydrogen-bond acceptors (Lipinski definition) is 10. The van der Waals surface area contributed by atoms with Gasteiger partial charge < -0.3 is 39.9 Å². The second-order valence-corrected chi connectivity index (χ2v) is 17.5. The van der Waals surface area contributed by atoms with Gasteiger partial charge in [-0.1, -0.05) is 27.7 Å². The van der Waals surface area contributed by atoms with E-state index in [0.29, 0.717) is 13.1 Å². The van der Waals surface area contributed by atoms with Crippen molar-refractivity contribution in [2.75, 3.05) is 27.3 Å². The summed E-state index contributed by atoms with van der Waals surface area (Å²) in [7, 11) is 2.59. The number of amides is 4.